The fourth-order valence-corrected chi connectivity index (χ4v) is 4.48. The monoisotopic (exact) mass is 442 g/mol. The third-order valence-electron chi connectivity index (χ3n) is 5.73. The summed E-state index contributed by atoms with van der Waals surface area (Å²) in [7, 11) is 0. The zero-order valence-corrected chi connectivity index (χ0v) is 17.9. The van der Waals surface area contributed by atoms with Gasteiger partial charge in [-0.25, -0.2) is 0 Å². The van der Waals surface area contributed by atoms with Crippen LogP contribution in [-0.2, 0) is 9.59 Å². The maximum atomic E-state index is 13.3. The van der Waals surface area contributed by atoms with Crippen molar-refractivity contribution >= 4 is 45.6 Å². The van der Waals surface area contributed by atoms with E-state index in [1.54, 1.807) is 30.5 Å². The predicted octanol–water partition coefficient (Wildman–Crippen LogP) is 5.76. The number of anilines is 1. The van der Waals surface area contributed by atoms with Crippen molar-refractivity contribution in [3.8, 4) is 0 Å². The number of fused-ring (bicyclic) bond motifs is 1. The number of para-hydroxylation sites is 1. The Labute approximate surface area is 189 Å². The molecule has 0 bridgehead atoms. The first-order valence-electron chi connectivity index (χ1n) is 10.2. The molecule has 1 atom stereocenters. The number of hydrogen-bond donors (Lipinski definition) is 2. The minimum Gasteiger partial charge on any atom is -0.507 e. The number of amides is 1. The van der Waals surface area contributed by atoms with Gasteiger partial charge >= 0.3 is 0 Å². The summed E-state index contributed by atoms with van der Waals surface area (Å²) in [5.74, 6) is -1.66. The second-order valence-corrected chi connectivity index (χ2v) is 8.25. The Hall–Kier alpha value is -3.83. The number of halogens is 1. The van der Waals surface area contributed by atoms with E-state index in [1.807, 2.05) is 55.5 Å². The Morgan fingerprint density at radius 2 is 1.78 bits per heavy atom. The Morgan fingerprint density at radius 1 is 1.00 bits per heavy atom. The van der Waals surface area contributed by atoms with E-state index in [9.17, 15) is 14.7 Å². The van der Waals surface area contributed by atoms with Gasteiger partial charge in [-0.3, -0.25) is 14.5 Å². The van der Waals surface area contributed by atoms with Crippen molar-refractivity contribution in [3.05, 3.63) is 106 Å². The third-order valence-corrected chi connectivity index (χ3v) is 5.97. The molecule has 1 fully saturated rings. The zero-order valence-electron chi connectivity index (χ0n) is 17.2. The van der Waals surface area contributed by atoms with E-state index in [0.717, 1.165) is 22.0 Å². The number of rotatable bonds is 3. The first-order chi connectivity index (χ1) is 15.5. The molecule has 1 aliphatic heterocycles. The lowest BCUT2D eigenvalue weighted by molar-refractivity contribution is -0.132. The highest BCUT2D eigenvalue weighted by Crippen LogP contribution is 2.43. The molecular formula is C26H19ClN2O3. The van der Waals surface area contributed by atoms with Crippen LogP contribution in [-0.4, -0.2) is 21.8 Å². The fourth-order valence-electron chi connectivity index (χ4n) is 4.29. The summed E-state index contributed by atoms with van der Waals surface area (Å²) in [5.41, 5.74) is 3.54. The quantitative estimate of drug-likeness (QED) is 0.241. The molecule has 1 saturated heterocycles. The van der Waals surface area contributed by atoms with Gasteiger partial charge in [0.25, 0.3) is 11.7 Å². The van der Waals surface area contributed by atoms with Crippen molar-refractivity contribution in [1.29, 1.82) is 0 Å². The highest BCUT2D eigenvalue weighted by Gasteiger charge is 2.47. The number of aliphatic hydroxyl groups is 1. The van der Waals surface area contributed by atoms with Crippen molar-refractivity contribution in [3.63, 3.8) is 0 Å². The van der Waals surface area contributed by atoms with E-state index in [0.29, 0.717) is 16.3 Å². The van der Waals surface area contributed by atoms with Gasteiger partial charge in [0, 0.05) is 33.4 Å². The van der Waals surface area contributed by atoms with Crippen molar-refractivity contribution in [2.75, 3.05) is 4.90 Å². The molecule has 0 saturated carbocycles. The molecule has 2 heterocycles. The Bertz CT molecular complexity index is 1420. The van der Waals surface area contributed by atoms with Crippen molar-refractivity contribution in [2.24, 2.45) is 0 Å². The predicted molar refractivity (Wildman–Crippen MR) is 126 cm³/mol. The summed E-state index contributed by atoms with van der Waals surface area (Å²) in [6.07, 6.45) is 1.65. The van der Waals surface area contributed by atoms with Crippen LogP contribution in [0.3, 0.4) is 0 Å². The lowest BCUT2D eigenvalue weighted by Crippen LogP contribution is -2.29. The largest absolute Gasteiger partial charge is 0.507 e. The molecule has 3 aromatic carbocycles. The highest BCUT2D eigenvalue weighted by molar-refractivity contribution is 6.52. The Kier molecular flexibility index (Phi) is 4.83. The average Bonchev–Trinajstić information content (AvgIpc) is 3.33. The molecule has 32 heavy (non-hydrogen) atoms. The maximum absolute atomic E-state index is 13.3. The number of carbonyl (C=O) groups is 2. The SMILES string of the molecule is Cc1cccc(C2/C(=C(/O)c3c[nH]c4ccccc34)C(=O)C(=O)N2c2cccc(Cl)c2)c1. The van der Waals surface area contributed by atoms with Crippen molar-refractivity contribution in [1.82, 2.24) is 4.98 Å². The van der Waals surface area contributed by atoms with Gasteiger partial charge in [-0.15, -0.1) is 0 Å². The molecule has 6 heteroatoms. The summed E-state index contributed by atoms with van der Waals surface area (Å²) in [6, 6.07) is 21.1. The van der Waals surface area contributed by atoms with E-state index < -0.39 is 17.7 Å². The minimum absolute atomic E-state index is 0.0466. The van der Waals surface area contributed by atoms with Gasteiger partial charge in [-0.05, 0) is 36.8 Å². The number of aryl methyl sites for hydroxylation is 1. The first kappa shape index (κ1) is 20.1. The number of nitrogens with zero attached hydrogens (tertiary/aromatic N) is 1. The zero-order chi connectivity index (χ0) is 22.4. The standard InChI is InChI=1S/C26H19ClN2O3/c1-15-6-4-7-16(12-15)23-22(24(30)20-14-28-21-11-3-2-10-19(20)21)25(31)26(32)29(23)18-9-5-8-17(27)13-18/h2-14,23,28,30H,1H3/b24-22-. The van der Waals surface area contributed by atoms with Crippen LogP contribution in [0.15, 0.2) is 84.6 Å². The van der Waals surface area contributed by atoms with Crippen LogP contribution < -0.4 is 4.90 Å². The number of Topliss-reactive ketones (excluding diaryl/α,β-unsaturated/α-hetero) is 1. The van der Waals surface area contributed by atoms with Gasteiger partial charge in [-0.2, -0.15) is 0 Å². The highest BCUT2D eigenvalue weighted by atomic mass is 35.5. The number of aromatic amines is 1. The van der Waals surface area contributed by atoms with Gasteiger partial charge in [0.1, 0.15) is 5.76 Å². The van der Waals surface area contributed by atoms with Gasteiger partial charge in [-0.1, -0.05) is 65.7 Å². The second-order valence-electron chi connectivity index (χ2n) is 7.81. The molecular weight excluding hydrogens is 424 g/mol. The number of carbonyl (C=O) groups excluding carboxylic acids is 2. The number of H-pyrrole nitrogens is 1. The maximum Gasteiger partial charge on any atom is 0.300 e. The second kappa shape index (κ2) is 7.70. The van der Waals surface area contributed by atoms with E-state index in [1.165, 1.54) is 4.90 Å². The van der Waals surface area contributed by atoms with E-state index in [-0.39, 0.29) is 11.3 Å². The number of hydrogen-bond acceptors (Lipinski definition) is 3. The molecule has 1 unspecified atom stereocenters. The number of benzene rings is 3. The molecule has 5 rings (SSSR count). The minimum atomic E-state index is -0.790. The number of ketones is 1. The number of nitrogens with one attached hydrogen (secondary N) is 1. The van der Waals surface area contributed by atoms with Gasteiger partial charge in [0.15, 0.2) is 0 Å². The van der Waals surface area contributed by atoms with Crippen molar-refractivity contribution in [2.45, 2.75) is 13.0 Å². The van der Waals surface area contributed by atoms with Crippen LogP contribution in [0.4, 0.5) is 5.69 Å². The number of aromatic nitrogens is 1. The van der Waals surface area contributed by atoms with Crippen LogP contribution in [0, 0.1) is 6.92 Å². The molecule has 1 amide bonds. The molecule has 1 aromatic heterocycles. The Morgan fingerprint density at radius 3 is 2.56 bits per heavy atom. The van der Waals surface area contributed by atoms with Crippen LogP contribution in [0.5, 0.6) is 0 Å². The van der Waals surface area contributed by atoms with E-state index in [2.05, 4.69) is 4.98 Å². The summed E-state index contributed by atoms with van der Waals surface area (Å²) in [5, 5.41) is 12.6. The summed E-state index contributed by atoms with van der Waals surface area (Å²) < 4.78 is 0. The smallest absolute Gasteiger partial charge is 0.300 e. The third kappa shape index (κ3) is 3.18. The normalized spacial score (nSPS) is 17.9. The summed E-state index contributed by atoms with van der Waals surface area (Å²) >= 11 is 6.18. The van der Waals surface area contributed by atoms with Crippen LogP contribution in [0.1, 0.15) is 22.7 Å². The molecule has 1 aliphatic rings. The first-order valence-corrected chi connectivity index (χ1v) is 10.5. The molecule has 158 valence electrons. The van der Waals surface area contributed by atoms with E-state index >= 15 is 0 Å². The fraction of sp³-hybridized carbons (Fsp3) is 0.0769. The lowest BCUT2D eigenvalue weighted by atomic mass is 9.94. The van der Waals surface area contributed by atoms with Crippen molar-refractivity contribution < 1.29 is 14.7 Å². The molecule has 2 N–H and O–H groups in total. The topological polar surface area (TPSA) is 73.4 Å². The molecule has 0 aliphatic carbocycles. The van der Waals surface area contributed by atoms with Gasteiger partial charge < -0.3 is 10.1 Å². The average molecular weight is 443 g/mol. The molecule has 5 nitrogen and oxygen atoms in total. The number of aliphatic hydroxyl groups excluding tert-OH is 1. The van der Waals surface area contributed by atoms with Crippen LogP contribution >= 0.6 is 11.6 Å². The summed E-state index contributed by atoms with van der Waals surface area (Å²) in [6.45, 7) is 1.94. The van der Waals surface area contributed by atoms with Crippen LogP contribution in [0.2, 0.25) is 5.02 Å². The van der Waals surface area contributed by atoms with Gasteiger partial charge in [0.05, 0.1) is 11.6 Å². The van der Waals surface area contributed by atoms with Crippen LogP contribution in [0.25, 0.3) is 16.7 Å². The summed E-state index contributed by atoms with van der Waals surface area (Å²) in [4.78, 5) is 31.0. The van der Waals surface area contributed by atoms with E-state index in [4.69, 9.17) is 11.6 Å². The lowest BCUT2D eigenvalue weighted by Gasteiger charge is -2.25. The molecule has 4 aromatic rings. The molecule has 0 radical (unpaired) electrons. The molecule has 0 spiro atoms. The Balaban J connectivity index is 1.77. The van der Waals surface area contributed by atoms with Gasteiger partial charge in [0.2, 0.25) is 0 Å².